The van der Waals surface area contributed by atoms with Crippen LogP contribution in [0.3, 0.4) is 0 Å². The minimum atomic E-state index is -3.01. The lowest BCUT2D eigenvalue weighted by molar-refractivity contribution is 0.0742. The minimum Gasteiger partial charge on any atom is -0.365 e. The van der Waals surface area contributed by atoms with Crippen molar-refractivity contribution in [3.05, 3.63) is 46.8 Å². The first-order valence-corrected chi connectivity index (χ1v) is 11.7. The summed E-state index contributed by atoms with van der Waals surface area (Å²) in [5.74, 6) is -1.73. The van der Waals surface area contributed by atoms with Crippen molar-refractivity contribution >= 4 is 21.4 Å². The van der Waals surface area contributed by atoms with Crippen LogP contribution >= 0.6 is 0 Å². The number of carbonyl (C=O) groups excluding carboxylic acids is 1. The maximum Gasteiger partial charge on any atom is 0.256 e. The van der Waals surface area contributed by atoms with Crippen LogP contribution < -0.4 is 4.90 Å². The summed E-state index contributed by atoms with van der Waals surface area (Å²) in [7, 11) is -3.01. The van der Waals surface area contributed by atoms with Crippen LogP contribution in [0.5, 0.6) is 0 Å². The first-order valence-electron chi connectivity index (χ1n) is 9.91. The number of benzene rings is 1. The van der Waals surface area contributed by atoms with Crippen molar-refractivity contribution in [2.75, 3.05) is 42.6 Å². The first-order chi connectivity index (χ1) is 14.2. The van der Waals surface area contributed by atoms with Gasteiger partial charge in [-0.3, -0.25) is 9.48 Å². The molecule has 10 heteroatoms. The van der Waals surface area contributed by atoms with Crippen LogP contribution in [0, 0.1) is 25.5 Å². The van der Waals surface area contributed by atoms with Gasteiger partial charge in [0.25, 0.3) is 5.91 Å². The highest BCUT2D eigenvalue weighted by Crippen LogP contribution is 2.31. The molecule has 2 fully saturated rings. The Morgan fingerprint density at radius 3 is 2.43 bits per heavy atom. The minimum absolute atomic E-state index is 0.111. The molecule has 7 nitrogen and oxygen atoms in total. The molecule has 1 amide bonds. The summed E-state index contributed by atoms with van der Waals surface area (Å²) in [5, 5.41) is 4.60. The molecule has 0 radical (unpaired) electrons. The zero-order chi connectivity index (χ0) is 21.6. The Balaban J connectivity index is 1.47. The summed E-state index contributed by atoms with van der Waals surface area (Å²) < 4.78 is 52.6. The topological polar surface area (TPSA) is 75.5 Å². The first kappa shape index (κ1) is 20.8. The van der Waals surface area contributed by atoms with Gasteiger partial charge in [0, 0.05) is 32.2 Å². The fraction of sp³-hybridized carbons (Fsp3) is 0.500. The summed E-state index contributed by atoms with van der Waals surface area (Å²) in [6, 6.07) is 2.82. The lowest BCUT2D eigenvalue weighted by Gasteiger charge is -2.36. The van der Waals surface area contributed by atoms with Crippen molar-refractivity contribution in [1.82, 2.24) is 14.7 Å². The normalized spacial score (nSPS) is 21.3. The average Bonchev–Trinajstić information content (AvgIpc) is 3.19. The Kier molecular flexibility index (Phi) is 5.29. The van der Waals surface area contributed by atoms with E-state index in [0.717, 1.165) is 23.1 Å². The van der Waals surface area contributed by atoms with Crippen molar-refractivity contribution in [3.8, 4) is 0 Å². The second-order valence-corrected chi connectivity index (χ2v) is 10.2. The van der Waals surface area contributed by atoms with Crippen LogP contribution in [-0.4, -0.2) is 66.7 Å². The smallest absolute Gasteiger partial charge is 0.256 e. The van der Waals surface area contributed by atoms with Crippen molar-refractivity contribution in [1.29, 1.82) is 0 Å². The van der Waals surface area contributed by atoms with Gasteiger partial charge in [0.1, 0.15) is 11.6 Å². The lowest BCUT2D eigenvalue weighted by Crippen LogP contribution is -2.49. The zero-order valence-electron chi connectivity index (χ0n) is 16.9. The zero-order valence-corrected chi connectivity index (χ0v) is 17.8. The molecule has 2 aliphatic rings. The molecule has 1 unspecified atom stereocenters. The quantitative estimate of drug-likeness (QED) is 0.734. The highest BCUT2D eigenvalue weighted by Gasteiger charge is 2.33. The molecule has 2 saturated heterocycles. The fourth-order valence-corrected chi connectivity index (χ4v) is 6.09. The van der Waals surface area contributed by atoms with Gasteiger partial charge in [-0.15, -0.1) is 0 Å². The predicted molar refractivity (Wildman–Crippen MR) is 108 cm³/mol. The third kappa shape index (κ3) is 3.80. The van der Waals surface area contributed by atoms with Crippen LogP contribution in [0.4, 0.5) is 14.5 Å². The van der Waals surface area contributed by atoms with E-state index in [1.165, 1.54) is 6.07 Å². The van der Waals surface area contributed by atoms with E-state index in [1.807, 2.05) is 18.5 Å². The van der Waals surface area contributed by atoms with E-state index in [1.54, 1.807) is 4.90 Å². The lowest BCUT2D eigenvalue weighted by atomic mass is 10.1. The number of carbonyl (C=O) groups is 1. The van der Waals surface area contributed by atoms with Gasteiger partial charge in [-0.05, 0) is 32.4 Å². The van der Waals surface area contributed by atoms with Crippen molar-refractivity contribution in [2.24, 2.45) is 0 Å². The van der Waals surface area contributed by atoms with Gasteiger partial charge < -0.3 is 9.80 Å². The number of sulfone groups is 1. The number of amides is 1. The number of rotatable bonds is 3. The standard InChI is InChI=1S/C20H24F2N4O3S/c1-13-19(14(2)26(23-13)16-5-10-30(28,29)12-16)24-6-8-25(9-7-24)20(27)17-4-3-15(21)11-18(17)22/h3-4,11,16H,5-10,12H2,1-2H3. The SMILES string of the molecule is Cc1nn(C2CCS(=O)(=O)C2)c(C)c1N1CCN(C(=O)c2ccc(F)cc2F)CC1. The maximum absolute atomic E-state index is 14.0. The molecule has 2 aliphatic heterocycles. The van der Waals surface area contributed by atoms with Crippen LogP contribution in [0.15, 0.2) is 18.2 Å². The van der Waals surface area contributed by atoms with E-state index in [2.05, 4.69) is 10.00 Å². The van der Waals surface area contributed by atoms with Gasteiger partial charge in [0.05, 0.1) is 40.2 Å². The molecular weight excluding hydrogens is 414 g/mol. The van der Waals surface area contributed by atoms with E-state index in [9.17, 15) is 22.0 Å². The Hall–Kier alpha value is -2.49. The molecule has 2 aromatic rings. The average molecular weight is 439 g/mol. The number of hydrogen-bond acceptors (Lipinski definition) is 5. The van der Waals surface area contributed by atoms with Crippen LogP contribution in [0.1, 0.15) is 34.2 Å². The van der Waals surface area contributed by atoms with Crippen LogP contribution in [-0.2, 0) is 9.84 Å². The number of aromatic nitrogens is 2. The summed E-state index contributed by atoms with van der Waals surface area (Å²) in [4.78, 5) is 16.3. The molecule has 0 bridgehead atoms. The summed E-state index contributed by atoms with van der Waals surface area (Å²) in [6.45, 7) is 5.73. The van der Waals surface area contributed by atoms with Gasteiger partial charge in [0.2, 0.25) is 0 Å². The van der Waals surface area contributed by atoms with E-state index < -0.39 is 27.4 Å². The molecule has 1 aromatic carbocycles. The summed E-state index contributed by atoms with van der Waals surface area (Å²) in [5.41, 5.74) is 2.56. The Bertz CT molecular complexity index is 1090. The largest absolute Gasteiger partial charge is 0.365 e. The fourth-order valence-electron chi connectivity index (χ4n) is 4.40. The molecule has 0 spiro atoms. The third-order valence-electron chi connectivity index (χ3n) is 5.89. The second kappa shape index (κ2) is 7.64. The van der Waals surface area contributed by atoms with E-state index in [-0.39, 0.29) is 23.1 Å². The van der Waals surface area contributed by atoms with Crippen LogP contribution in [0.2, 0.25) is 0 Å². The maximum atomic E-state index is 14.0. The van der Waals surface area contributed by atoms with Gasteiger partial charge >= 0.3 is 0 Å². The number of aryl methyl sites for hydroxylation is 1. The second-order valence-electron chi connectivity index (χ2n) is 7.92. The van der Waals surface area contributed by atoms with Gasteiger partial charge in [-0.2, -0.15) is 5.10 Å². The molecular formula is C20H24F2N4O3S. The molecule has 1 aromatic heterocycles. The number of hydrogen-bond donors (Lipinski definition) is 0. The molecule has 4 rings (SSSR count). The molecule has 162 valence electrons. The molecule has 0 aliphatic carbocycles. The van der Waals surface area contributed by atoms with Crippen molar-refractivity contribution in [3.63, 3.8) is 0 Å². The Morgan fingerprint density at radius 1 is 1.13 bits per heavy atom. The molecule has 1 atom stereocenters. The number of anilines is 1. The monoisotopic (exact) mass is 438 g/mol. The van der Waals surface area contributed by atoms with Gasteiger partial charge in [-0.25, -0.2) is 17.2 Å². The van der Waals surface area contributed by atoms with E-state index in [0.29, 0.717) is 38.7 Å². The number of nitrogens with zero attached hydrogens (tertiary/aromatic N) is 4. The molecule has 30 heavy (non-hydrogen) atoms. The van der Waals surface area contributed by atoms with Crippen molar-refractivity contribution in [2.45, 2.75) is 26.3 Å². The summed E-state index contributed by atoms with van der Waals surface area (Å²) in [6.07, 6.45) is 0.565. The van der Waals surface area contributed by atoms with Gasteiger partial charge in [-0.1, -0.05) is 0 Å². The Labute approximate surface area is 174 Å². The molecule has 0 saturated carbocycles. The van der Waals surface area contributed by atoms with Crippen LogP contribution in [0.25, 0.3) is 0 Å². The van der Waals surface area contributed by atoms with E-state index in [4.69, 9.17) is 0 Å². The molecule has 0 N–H and O–H groups in total. The predicted octanol–water partition coefficient (Wildman–Crippen LogP) is 2.10. The third-order valence-corrected chi connectivity index (χ3v) is 7.64. The highest BCUT2D eigenvalue weighted by atomic mass is 32.2. The molecule has 3 heterocycles. The number of halogens is 2. The highest BCUT2D eigenvalue weighted by molar-refractivity contribution is 7.91. The van der Waals surface area contributed by atoms with Gasteiger partial charge in [0.15, 0.2) is 9.84 Å². The van der Waals surface area contributed by atoms with E-state index >= 15 is 0 Å². The summed E-state index contributed by atoms with van der Waals surface area (Å²) >= 11 is 0. The van der Waals surface area contributed by atoms with Crippen molar-refractivity contribution < 1.29 is 22.0 Å². The number of piperazine rings is 1. The Morgan fingerprint density at radius 2 is 1.83 bits per heavy atom.